The number of hydrogen-bond acceptors (Lipinski definition) is 5. The quantitative estimate of drug-likeness (QED) is 0.185. The van der Waals surface area contributed by atoms with Crippen LogP contribution in [0.1, 0.15) is 86.0 Å². The van der Waals surface area contributed by atoms with E-state index < -0.39 is 14.1 Å². The van der Waals surface area contributed by atoms with Gasteiger partial charge in [0.2, 0.25) is 0 Å². The minimum atomic E-state index is -1.87. The number of azide groups is 1. The third-order valence-electron chi connectivity index (χ3n) is 11.2. The molecule has 0 aromatic rings. The van der Waals surface area contributed by atoms with Gasteiger partial charge in [0.1, 0.15) is 0 Å². The highest BCUT2D eigenvalue weighted by molar-refractivity contribution is 6.74. The third-order valence-corrected chi connectivity index (χ3v) is 15.8. The minimum Gasteiger partial charge on any atom is -0.414 e. The zero-order valence-electron chi connectivity index (χ0n) is 23.2. The summed E-state index contributed by atoms with van der Waals surface area (Å²) >= 11 is 0. The van der Waals surface area contributed by atoms with Crippen molar-refractivity contribution in [1.29, 1.82) is 0 Å². The maximum Gasteiger partial charge on any atom is 0.192 e. The summed E-state index contributed by atoms with van der Waals surface area (Å²) in [6.45, 7) is 18.0. The van der Waals surface area contributed by atoms with Crippen LogP contribution in [0.3, 0.4) is 0 Å². The molecule has 0 amide bonds. The summed E-state index contributed by atoms with van der Waals surface area (Å²) < 4.78 is 19.3. The lowest BCUT2D eigenvalue weighted by Gasteiger charge is -2.57. The van der Waals surface area contributed by atoms with E-state index in [9.17, 15) is 5.11 Å². The number of ether oxygens (including phenoxy) is 2. The molecule has 3 aliphatic carbocycles. The number of nitrogens with zero attached hydrogens (tertiary/aromatic N) is 3. The van der Waals surface area contributed by atoms with Crippen molar-refractivity contribution in [2.75, 3.05) is 19.8 Å². The van der Waals surface area contributed by atoms with Gasteiger partial charge < -0.3 is 19.0 Å². The van der Waals surface area contributed by atoms with Crippen molar-refractivity contribution in [3.8, 4) is 0 Å². The van der Waals surface area contributed by atoms with E-state index in [1.165, 1.54) is 0 Å². The summed E-state index contributed by atoms with van der Waals surface area (Å²) in [5, 5.41) is 15.8. The van der Waals surface area contributed by atoms with Crippen molar-refractivity contribution in [2.45, 2.75) is 122 Å². The van der Waals surface area contributed by atoms with Gasteiger partial charge in [0.05, 0.1) is 19.3 Å². The molecule has 8 heteroatoms. The summed E-state index contributed by atoms with van der Waals surface area (Å²) in [6, 6.07) is 0. The molecule has 0 aromatic carbocycles. The predicted molar refractivity (Wildman–Crippen MR) is 140 cm³/mol. The third kappa shape index (κ3) is 4.61. The van der Waals surface area contributed by atoms with Crippen molar-refractivity contribution < 1.29 is 19.0 Å². The first-order chi connectivity index (χ1) is 16.3. The molecule has 0 radical (unpaired) electrons. The van der Waals surface area contributed by atoms with Gasteiger partial charge in [-0.25, -0.2) is 0 Å². The molecule has 4 aliphatic rings. The number of rotatable bonds is 6. The molecule has 1 N–H and O–H groups in total. The Balaban J connectivity index is 1.54. The fraction of sp³-hybridized carbons (Fsp3) is 1.00. The van der Waals surface area contributed by atoms with E-state index in [1.807, 2.05) is 0 Å². The van der Waals surface area contributed by atoms with Crippen LogP contribution in [0.4, 0.5) is 0 Å². The molecular formula is C27H49N3O4Si. The average molecular weight is 508 g/mol. The molecule has 1 spiro atoms. The second kappa shape index (κ2) is 9.59. The Bertz CT molecular complexity index is 820. The van der Waals surface area contributed by atoms with Crippen molar-refractivity contribution in [3.63, 3.8) is 0 Å². The Morgan fingerprint density at radius 2 is 1.71 bits per heavy atom. The lowest BCUT2D eigenvalue weighted by atomic mass is 9.50. The second-order valence-electron chi connectivity index (χ2n) is 13.9. The fourth-order valence-corrected chi connectivity index (χ4v) is 9.45. The maximum absolute atomic E-state index is 11.7. The van der Waals surface area contributed by atoms with Gasteiger partial charge in [-0.15, -0.1) is 0 Å². The van der Waals surface area contributed by atoms with E-state index in [-0.39, 0.29) is 28.1 Å². The van der Waals surface area contributed by atoms with Gasteiger partial charge >= 0.3 is 0 Å². The van der Waals surface area contributed by atoms with E-state index in [1.54, 1.807) is 0 Å². The van der Waals surface area contributed by atoms with Crippen LogP contribution >= 0.6 is 0 Å². The Morgan fingerprint density at radius 3 is 2.31 bits per heavy atom. The standard InChI is InChI=1S/C27H49N3O4Si/c1-24(2,3)35(6,7)34-19-8-12-25(4,23(31)18-19)21-9-13-26(5)22(20(21)11-15-29-30-28)10-14-27(26)32-16-17-33-27/h19-23,31H,8-18H2,1-7H3/t19?,20-,21?,22?,23+,25-,26+/m1/s1. The van der Waals surface area contributed by atoms with E-state index >= 15 is 0 Å². The largest absolute Gasteiger partial charge is 0.414 e. The molecule has 7 nitrogen and oxygen atoms in total. The molecule has 3 saturated carbocycles. The van der Waals surface area contributed by atoms with Gasteiger partial charge in [0.25, 0.3) is 0 Å². The van der Waals surface area contributed by atoms with Gasteiger partial charge in [-0.2, -0.15) is 0 Å². The summed E-state index contributed by atoms with van der Waals surface area (Å²) in [6.07, 6.45) is 7.50. The SMILES string of the molecule is CC(C)(C)[Si](C)(C)OC1CC[C@](C)(C2CC[C@@]3(C)C(CCC34OCCO4)[C@@H]2CCN=[N+]=[N-])[C@@H](O)C1. The molecular weight excluding hydrogens is 458 g/mol. The molecule has 200 valence electrons. The van der Waals surface area contributed by atoms with Gasteiger partial charge in [0, 0.05) is 29.4 Å². The zero-order valence-corrected chi connectivity index (χ0v) is 24.2. The summed E-state index contributed by atoms with van der Waals surface area (Å²) in [5.74, 6) is 0.797. The zero-order chi connectivity index (χ0) is 25.7. The first-order valence-electron chi connectivity index (χ1n) is 13.9. The fourth-order valence-electron chi connectivity index (χ4n) is 8.05. The number of fused-ring (bicyclic) bond motifs is 2. The molecule has 35 heavy (non-hydrogen) atoms. The molecule has 4 rings (SSSR count). The minimum absolute atomic E-state index is 0.0228. The van der Waals surface area contributed by atoms with Crippen molar-refractivity contribution in [2.24, 2.45) is 33.7 Å². The van der Waals surface area contributed by atoms with Crippen LogP contribution in [0.15, 0.2) is 5.11 Å². The van der Waals surface area contributed by atoms with Crippen LogP contribution in [0.5, 0.6) is 0 Å². The van der Waals surface area contributed by atoms with Gasteiger partial charge in [-0.05, 0) is 91.8 Å². The van der Waals surface area contributed by atoms with Crippen LogP contribution in [-0.2, 0) is 13.9 Å². The number of aliphatic hydroxyl groups is 1. The van der Waals surface area contributed by atoms with Crippen molar-refractivity contribution in [1.82, 2.24) is 0 Å². The first kappa shape index (κ1) is 27.4. The first-order valence-corrected chi connectivity index (χ1v) is 16.9. The van der Waals surface area contributed by atoms with Crippen LogP contribution in [0.25, 0.3) is 10.4 Å². The van der Waals surface area contributed by atoms with Gasteiger partial charge in [-0.1, -0.05) is 39.7 Å². The Kier molecular flexibility index (Phi) is 7.51. The van der Waals surface area contributed by atoms with E-state index in [2.05, 4.69) is 57.7 Å². The predicted octanol–water partition coefficient (Wildman–Crippen LogP) is 6.81. The van der Waals surface area contributed by atoms with Crippen LogP contribution in [0.2, 0.25) is 18.1 Å². The van der Waals surface area contributed by atoms with Crippen molar-refractivity contribution >= 4 is 8.32 Å². The summed E-state index contributed by atoms with van der Waals surface area (Å²) in [5.41, 5.74) is 8.78. The Hall–Kier alpha value is -0.633. The molecule has 4 fully saturated rings. The highest BCUT2D eigenvalue weighted by atomic mass is 28.4. The monoisotopic (exact) mass is 507 g/mol. The summed E-state index contributed by atoms with van der Waals surface area (Å²) in [4.78, 5) is 3.04. The van der Waals surface area contributed by atoms with E-state index in [0.29, 0.717) is 37.5 Å². The topological polar surface area (TPSA) is 96.7 Å². The highest BCUT2D eigenvalue weighted by Gasteiger charge is 2.66. The number of hydrogen-bond donors (Lipinski definition) is 1. The van der Waals surface area contributed by atoms with Gasteiger partial charge in [0.15, 0.2) is 14.1 Å². The average Bonchev–Trinajstić information content (AvgIpc) is 3.36. The molecule has 1 heterocycles. The smallest absolute Gasteiger partial charge is 0.192 e. The Morgan fingerprint density at radius 1 is 1.06 bits per heavy atom. The lowest BCUT2D eigenvalue weighted by Crippen LogP contribution is -2.57. The molecule has 1 saturated heterocycles. The summed E-state index contributed by atoms with van der Waals surface area (Å²) in [7, 11) is -1.87. The van der Waals surface area contributed by atoms with Crippen LogP contribution in [0, 0.1) is 28.6 Å². The normalized spacial score (nSPS) is 41.5. The second-order valence-corrected chi connectivity index (χ2v) is 18.6. The Labute approximate surface area is 213 Å². The van der Waals surface area contributed by atoms with E-state index in [4.69, 9.17) is 19.4 Å². The molecule has 7 atom stereocenters. The maximum atomic E-state index is 11.7. The van der Waals surface area contributed by atoms with Crippen LogP contribution < -0.4 is 0 Å². The number of aliphatic hydroxyl groups excluding tert-OH is 1. The van der Waals surface area contributed by atoms with E-state index in [0.717, 1.165) is 51.4 Å². The van der Waals surface area contributed by atoms with Gasteiger partial charge in [-0.3, -0.25) is 0 Å². The lowest BCUT2D eigenvalue weighted by molar-refractivity contribution is -0.245. The van der Waals surface area contributed by atoms with Crippen LogP contribution in [-0.4, -0.2) is 51.2 Å². The van der Waals surface area contributed by atoms with Crippen molar-refractivity contribution in [3.05, 3.63) is 10.4 Å². The molecule has 0 aromatic heterocycles. The molecule has 1 aliphatic heterocycles. The molecule has 0 bridgehead atoms. The highest BCUT2D eigenvalue weighted by Crippen LogP contribution is 2.66. The molecule has 3 unspecified atom stereocenters.